The summed E-state index contributed by atoms with van der Waals surface area (Å²) in [6, 6.07) is 37.9. The number of hydrogen-bond donors (Lipinski definition) is 6. The van der Waals surface area contributed by atoms with E-state index in [0.29, 0.717) is 50.7 Å². The number of pyridine rings is 1. The first-order valence-electron chi connectivity index (χ1n) is 20.0. The Labute approximate surface area is 344 Å². The Morgan fingerprint density at radius 1 is 0.569 bits per heavy atom. The summed E-state index contributed by atoms with van der Waals surface area (Å²) in [5.41, 5.74) is 6.14. The first-order valence-corrected chi connectivity index (χ1v) is 22.9. The van der Waals surface area contributed by atoms with E-state index in [0.717, 1.165) is 67.1 Å². The van der Waals surface area contributed by atoms with Gasteiger partial charge in [-0.15, -0.1) is 0 Å². The summed E-state index contributed by atoms with van der Waals surface area (Å²) in [5, 5.41) is 17.5. The van der Waals surface area contributed by atoms with Gasteiger partial charge in [0.25, 0.3) is 0 Å². The van der Waals surface area contributed by atoms with Crippen molar-refractivity contribution in [2.75, 3.05) is 52.4 Å². The Morgan fingerprint density at radius 2 is 1.12 bits per heavy atom. The molecule has 4 aromatic carbocycles. The van der Waals surface area contributed by atoms with E-state index in [1.54, 1.807) is 28.6 Å². The molecule has 58 heavy (non-hydrogen) atoms. The number of sulfonamides is 2. The normalized spacial score (nSPS) is 16.7. The van der Waals surface area contributed by atoms with Crippen molar-refractivity contribution in [2.45, 2.75) is 54.9 Å². The molecule has 6 N–H and O–H groups in total. The minimum absolute atomic E-state index is 0.141. The van der Waals surface area contributed by atoms with Crippen molar-refractivity contribution in [3.63, 3.8) is 0 Å². The number of nitrogens with zero attached hydrogens (tertiary/aromatic N) is 2. The van der Waals surface area contributed by atoms with Gasteiger partial charge in [-0.1, -0.05) is 84.9 Å². The third-order valence-electron chi connectivity index (χ3n) is 10.1. The second-order valence-corrected chi connectivity index (χ2v) is 18.2. The highest BCUT2D eigenvalue weighted by atomic mass is 32.2. The standard InChI is InChI=1S/C44H56N8O4S2/c53-57(54,51-32-37-10-5-2-6-11-37)43-16-12-38(13-17-43)31-49-35-42-28-40(20-22-50-42)41-33-46-24-23-45-21-7-26-52(27-25-47-34-41)58(55,56)44-18-14-39(15-19-44)30-48-29-36-8-3-1-4-9-36/h1-6,8-20,22,28,41,45-49,51H,7,21,23-27,29-35H2. The van der Waals surface area contributed by atoms with Gasteiger partial charge in [-0.05, 0) is 77.2 Å². The minimum Gasteiger partial charge on any atom is -0.315 e. The van der Waals surface area contributed by atoms with Crippen molar-refractivity contribution in [1.29, 1.82) is 0 Å². The molecule has 1 fully saturated rings. The second kappa shape index (κ2) is 22.1. The maximum Gasteiger partial charge on any atom is 0.243 e. The maximum atomic E-state index is 13.9. The molecule has 1 aromatic heterocycles. The highest BCUT2D eigenvalue weighted by molar-refractivity contribution is 7.89. The van der Waals surface area contributed by atoms with E-state index >= 15 is 0 Å². The molecule has 1 aliphatic rings. The van der Waals surface area contributed by atoms with Crippen LogP contribution in [0.1, 0.15) is 45.8 Å². The summed E-state index contributed by atoms with van der Waals surface area (Å²) in [5.74, 6) is 0.141. The van der Waals surface area contributed by atoms with Crippen LogP contribution >= 0.6 is 0 Å². The molecule has 1 aliphatic heterocycles. The van der Waals surface area contributed by atoms with Crippen molar-refractivity contribution in [2.24, 2.45) is 0 Å². The monoisotopic (exact) mass is 824 g/mol. The zero-order valence-corrected chi connectivity index (χ0v) is 34.6. The molecule has 0 saturated carbocycles. The van der Waals surface area contributed by atoms with Crippen molar-refractivity contribution in [3.05, 3.63) is 161 Å². The van der Waals surface area contributed by atoms with Crippen LogP contribution in [-0.4, -0.2) is 78.5 Å². The predicted octanol–water partition coefficient (Wildman–Crippen LogP) is 4.09. The smallest absolute Gasteiger partial charge is 0.243 e. The number of aromatic nitrogens is 1. The average molecular weight is 825 g/mol. The number of hydrogen-bond acceptors (Lipinski definition) is 10. The highest BCUT2D eigenvalue weighted by Gasteiger charge is 2.24. The van der Waals surface area contributed by atoms with Gasteiger partial charge in [0.05, 0.1) is 15.5 Å². The van der Waals surface area contributed by atoms with Crippen molar-refractivity contribution < 1.29 is 16.8 Å². The molecule has 0 bridgehead atoms. The summed E-state index contributed by atoms with van der Waals surface area (Å²) in [6.45, 7) is 7.80. The Bertz CT molecular complexity index is 2190. The molecule has 0 aliphatic carbocycles. The fourth-order valence-corrected chi connectivity index (χ4v) is 9.30. The number of benzene rings is 4. The van der Waals surface area contributed by atoms with Crippen LogP contribution in [0.4, 0.5) is 0 Å². The molecule has 14 heteroatoms. The third kappa shape index (κ3) is 13.3. The fraction of sp³-hybridized carbons (Fsp3) is 0.341. The van der Waals surface area contributed by atoms with Crippen molar-refractivity contribution >= 4 is 20.0 Å². The van der Waals surface area contributed by atoms with Gasteiger partial charge in [-0.25, -0.2) is 21.6 Å². The molecule has 2 heterocycles. The zero-order valence-electron chi connectivity index (χ0n) is 32.9. The van der Waals surface area contributed by atoms with Crippen LogP contribution in [0.2, 0.25) is 0 Å². The average Bonchev–Trinajstić information content (AvgIpc) is 3.25. The van der Waals surface area contributed by atoms with Crippen LogP contribution in [0.15, 0.2) is 137 Å². The lowest BCUT2D eigenvalue weighted by molar-refractivity contribution is 0.387. The quantitative estimate of drug-likeness (QED) is 0.0910. The lowest BCUT2D eigenvalue weighted by Crippen LogP contribution is -2.41. The molecule has 0 radical (unpaired) electrons. The van der Waals surface area contributed by atoms with Gasteiger partial charge in [0.15, 0.2) is 0 Å². The molecule has 308 valence electrons. The SMILES string of the molecule is O=S(=O)(NCc1ccccc1)c1ccc(CNCc2cc(C3CNCCNCCCN(S(=O)(=O)c4ccc(CNCc5ccccc5)cc4)CCNC3)ccn2)cc1. The summed E-state index contributed by atoms with van der Waals surface area (Å²) < 4.78 is 57.6. The fourth-order valence-electron chi connectivity index (χ4n) is 6.80. The van der Waals surface area contributed by atoms with Crippen molar-refractivity contribution in [3.8, 4) is 0 Å². The zero-order chi connectivity index (χ0) is 40.5. The molecule has 6 rings (SSSR count). The van der Waals surface area contributed by atoms with Crippen molar-refractivity contribution in [1.82, 2.24) is 40.6 Å². The van der Waals surface area contributed by atoms with E-state index < -0.39 is 20.0 Å². The number of nitrogens with one attached hydrogen (secondary N) is 6. The van der Waals surface area contributed by atoms with E-state index in [1.165, 1.54) is 5.56 Å². The molecule has 1 saturated heterocycles. The van der Waals surface area contributed by atoms with Crippen LogP contribution in [0, 0.1) is 0 Å². The largest absolute Gasteiger partial charge is 0.315 e. The Morgan fingerprint density at radius 3 is 1.78 bits per heavy atom. The summed E-state index contributed by atoms with van der Waals surface area (Å²) in [7, 11) is -7.31. The van der Waals surface area contributed by atoms with Crippen LogP contribution in [-0.2, 0) is 52.8 Å². The van der Waals surface area contributed by atoms with E-state index in [9.17, 15) is 16.8 Å². The lowest BCUT2D eigenvalue weighted by Gasteiger charge is -2.25. The lowest BCUT2D eigenvalue weighted by atomic mass is 9.99. The van der Waals surface area contributed by atoms with E-state index in [1.807, 2.05) is 85.1 Å². The van der Waals surface area contributed by atoms with Gasteiger partial charge in [-0.3, -0.25) is 4.98 Å². The van der Waals surface area contributed by atoms with E-state index in [4.69, 9.17) is 0 Å². The van der Waals surface area contributed by atoms with Gasteiger partial charge in [0, 0.05) is 90.7 Å². The van der Waals surface area contributed by atoms with Crippen LogP contribution < -0.4 is 31.3 Å². The molecule has 5 aromatic rings. The third-order valence-corrected chi connectivity index (χ3v) is 13.4. The maximum absolute atomic E-state index is 13.9. The molecular formula is C44H56N8O4S2. The van der Waals surface area contributed by atoms with Crippen LogP contribution in [0.25, 0.3) is 0 Å². The molecule has 0 spiro atoms. The highest BCUT2D eigenvalue weighted by Crippen LogP contribution is 2.19. The molecule has 12 nitrogen and oxygen atoms in total. The molecule has 1 atom stereocenters. The second-order valence-electron chi connectivity index (χ2n) is 14.5. The summed E-state index contributed by atoms with van der Waals surface area (Å²) in [4.78, 5) is 5.14. The summed E-state index contributed by atoms with van der Waals surface area (Å²) in [6.07, 6.45) is 2.55. The Balaban J connectivity index is 0.997. The van der Waals surface area contributed by atoms with E-state index in [2.05, 4.69) is 54.5 Å². The molecule has 1 unspecified atom stereocenters. The van der Waals surface area contributed by atoms with Gasteiger partial charge >= 0.3 is 0 Å². The summed E-state index contributed by atoms with van der Waals surface area (Å²) >= 11 is 0. The van der Waals surface area contributed by atoms with Gasteiger partial charge in [0.2, 0.25) is 20.0 Å². The van der Waals surface area contributed by atoms with Crippen LogP contribution in [0.3, 0.4) is 0 Å². The first-order chi connectivity index (χ1) is 28.3. The Kier molecular flexibility index (Phi) is 16.5. The molecular weight excluding hydrogens is 769 g/mol. The molecule has 0 amide bonds. The first kappa shape index (κ1) is 43.2. The van der Waals surface area contributed by atoms with Gasteiger partial charge in [0.1, 0.15) is 0 Å². The van der Waals surface area contributed by atoms with Gasteiger partial charge in [-0.2, -0.15) is 4.31 Å². The Hall–Kier alpha value is -4.35. The van der Waals surface area contributed by atoms with Gasteiger partial charge < -0.3 is 26.6 Å². The van der Waals surface area contributed by atoms with E-state index in [-0.39, 0.29) is 17.4 Å². The topological polar surface area (TPSA) is 157 Å². The van der Waals surface area contributed by atoms with Crippen LogP contribution in [0.5, 0.6) is 0 Å². The predicted molar refractivity (Wildman–Crippen MR) is 230 cm³/mol. The number of rotatable bonds is 15. The minimum atomic E-state index is -3.68.